The standard InChI is InChI=1S/C26H33Cl2NO5S/c1-3-13-35(31,32)14-5-12-34-20-9-7-19-8-11-25(29-26(30)33-4-2)22(21(19)17-20)15-18-6-10-23(27)24(28)16-18/h6-7,9-10,16-17,22,25H,3-5,8,11-15H2,1-2H3,(H,29,30). The number of halogens is 2. The van der Waals surface area contributed by atoms with Gasteiger partial charge in [-0.2, -0.15) is 0 Å². The van der Waals surface area contributed by atoms with Crippen molar-refractivity contribution in [2.45, 2.75) is 57.9 Å². The molecule has 6 nitrogen and oxygen atoms in total. The average Bonchev–Trinajstić information content (AvgIpc) is 2.81. The van der Waals surface area contributed by atoms with Crippen LogP contribution in [0, 0.1) is 0 Å². The van der Waals surface area contributed by atoms with Crippen molar-refractivity contribution in [2.75, 3.05) is 24.7 Å². The Balaban J connectivity index is 1.79. The number of hydrogen-bond acceptors (Lipinski definition) is 5. The monoisotopic (exact) mass is 541 g/mol. The molecule has 0 aromatic heterocycles. The molecule has 1 amide bonds. The van der Waals surface area contributed by atoms with Gasteiger partial charge < -0.3 is 14.8 Å². The summed E-state index contributed by atoms with van der Waals surface area (Å²) >= 11 is 12.4. The van der Waals surface area contributed by atoms with Crippen molar-refractivity contribution >= 4 is 39.1 Å². The van der Waals surface area contributed by atoms with E-state index in [-0.39, 0.29) is 23.5 Å². The molecule has 1 N–H and O–H groups in total. The predicted octanol–water partition coefficient (Wildman–Crippen LogP) is 5.97. The van der Waals surface area contributed by atoms with Gasteiger partial charge in [-0.3, -0.25) is 0 Å². The molecule has 2 aromatic rings. The fourth-order valence-corrected chi connectivity index (χ4v) is 6.22. The van der Waals surface area contributed by atoms with Crippen LogP contribution < -0.4 is 10.1 Å². The fraction of sp³-hybridized carbons (Fsp3) is 0.500. The number of rotatable bonds is 11. The second kappa shape index (κ2) is 12.8. The Hall–Kier alpha value is -1.96. The summed E-state index contributed by atoms with van der Waals surface area (Å²) in [5.74, 6) is 0.996. The fourth-order valence-electron chi connectivity index (χ4n) is 4.52. The van der Waals surface area contributed by atoms with Crippen LogP contribution in [0.25, 0.3) is 0 Å². The van der Waals surface area contributed by atoms with Crippen molar-refractivity contribution in [1.29, 1.82) is 0 Å². The van der Waals surface area contributed by atoms with E-state index >= 15 is 0 Å². The molecule has 1 aliphatic carbocycles. The van der Waals surface area contributed by atoms with E-state index < -0.39 is 15.9 Å². The maximum absolute atomic E-state index is 12.2. The summed E-state index contributed by atoms with van der Waals surface area (Å²) in [5, 5.41) is 4.02. The Kier molecular flexibility index (Phi) is 10.1. The molecule has 3 rings (SSSR count). The molecule has 35 heavy (non-hydrogen) atoms. The summed E-state index contributed by atoms with van der Waals surface area (Å²) in [7, 11) is -3.03. The van der Waals surface area contributed by atoms with Crippen LogP contribution in [-0.4, -0.2) is 45.3 Å². The van der Waals surface area contributed by atoms with E-state index in [1.807, 2.05) is 31.2 Å². The van der Waals surface area contributed by atoms with Crippen LogP contribution in [0.15, 0.2) is 36.4 Å². The predicted molar refractivity (Wildman–Crippen MR) is 141 cm³/mol. The van der Waals surface area contributed by atoms with E-state index in [1.165, 1.54) is 5.56 Å². The molecule has 0 spiro atoms. The summed E-state index contributed by atoms with van der Waals surface area (Å²) in [6.45, 7) is 4.27. The highest BCUT2D eigenvalue weighted by atomic mass is 35.5. The maximum atomic E-state index is 12.2. The van der Waals surface area contributed by atoms with Gasteiger partial charge >= 0.3 is 6.09 Å². The Labute approximate surface area is 218 Å². The average molecular weight is 543 g/mol. The van der Waals surface area contributed by atoms with E-state index in [9.17, 15) is 13.2 Å². The van der Waals surface area contributed by atoms with Crippen LogP contribution in [0.1, 0.15) is 55.7 Å². The molecule has 1 aliphatic rings. The number of sulfone groups is 1. The molecular formula is C26H33Cl2NO5S. The number of alkyl carbamates (subject to hydrolysis) is 1. The highest BCUT2D eigenvalue weighted by Crippen LogP contribution is 2.37. The molecule has 0 saturated carbocycles. The molecule has 0 bridgehead atoms. The molecular weight excluding hydrogens is 509 g/mol. The molecule has 0 aliphatic heterocycles. The molecule has 0 radical (unpaired) electrons. The lowest BCUT2D eigenvalue weighted by atomic mass is 9.76. The minimum absolute atomic E-state index is 0.0196. The molecule has 0 saturated heterocycles. The maximum Gasteiger partial charge on any atom is 0.407 e. The topological polar surface area (TPSA) is 81.7 Å². The largest absolute Gasteiger partial charge is 0.494 e. The van der Waals surface area contributed by atoms with Crippen LogP contribution in [0.3, 0.4) is 0 Å². The highest BCUT2D eigenvalue weighted by Gasteiger charge is 2.32. The van der Waals surface area contributed by atoms with Gasteiger partial charge in [-0.05, 0) is 80.0 Å². The smallest absolute Gasteiger partial charge is 0.407 e. The summed E-state index contributed by atoms with van der Waals surface area (Å²) < 4.78 is 35.0. The number of amides is 1. The molecule has 0 fully saturated rings. The van der Waals surface area contributed by atoms with Crippen molar-refractivity contribution in [3.8, 4) is 5.75 Å². The zero-order valence-corrected chi connectivity index (χ0v) is 22.5. The minimum Gasteiger partial charge on any atom is -0.494 e. The molecule has 2 atom stereocenters. The van der Waals surface area contributed by atoms with Crippen molar-refractivity contribution < 1.29 is 22.7 Å². The Morgan fingerprint density at radius 1 is 1.09 bits per heavy atom. The van der Waals surface area contributed by atoms with Crippen molar-refractivity contribution in [1.82, 2.24) is 5.32 Å². The SMILES string of the molecule is CCCS(=O)(=O)CCCOc1ccc2c(c1)C(Cc1ccc(Cl)c(Cl)c1)C(NC(=O)OCC)CC2. The number of aryl methyl sites for hydroxylation is 1. The summed E-state index contributed by atoms with van der Waals surface area (Å²) in [4.78, 5) is 12.2. The van der Waals surface area contributed by atoms with Gasteiger partial charge in [0.05, 0.1) is 29.0 Å². The summed E-state index contributed by atoms with van der Waals surface area (Å²) in [5.41, 5.74) is 3.32. The number of carbonyl (C=O) groups excluding carboxylic acids is 1. The van der Waals surface area contributed by atoms with Crippen LogP contribution in [0.4, 0.5) is 4.79 Å². The van der Waals surface area contributed by atoms with E-state index in [1.54, 1.807) is 13.0 Å². The van der Waals surface area contributed by atoms with Gasteiger partial charge in [0.15, 0.2) is 0 Å². The van der Waals surface area contributed by atoms with Gasteiger partial charge in [-0.1, -0.05) is 42.3 Å². The van der Waals surface area contributed by atoms with E-state index in [0.717, 1.165) is 24.0 Å². The first-order valence-corrected chi connectivity index (χ1v) is 14.6. The zero-order chi connectivity index (χ0) is 25.4. The van der Waals surface area contributed by atoms with E-state index in [2.05, 4.69) is 11.4 Å². The van der Waals surface area contributed by atoms with Crippen molar-refractivity contribution in [3.63, 3.8) is 0 Å². The van der Waals surface area contributed by atoms with Gasteiger partial charge in [-0.15, -0.1) is 0 Å². The molecule has 2 aromatic carbocycles. The van der Waals surface area contributed by atoms with Gasteiger partial charge in [0, 0.05) is 17.7 Å². The zero-order valence-electron chi connectivity index (χ0n) is 20.2. The van der Waals surface area contributed by atoms with Crippen LogP contribution in [0.2, 0.25) is 10.0 Å². The van der Waals surface area contributed by atoms with Crippen LogP contribution in [-0.2, 0) is 27.4 Å². The number of benzene rings is 2. The van der Waals surface area contributed by atoms with Crippen molar-refractivity contribution in [3.05, 3.63) is 63.1 Å². The number of ether oxygens (including phenoxy) is 2. The third-order valence-corrected chi connectivity index (χ3v) is 8.81. The van der Waals surface area contributed by atoms with E-state index in [4.69, 9.17) is 32.7 Å². The number of hydrogen-bond donors (Lipinski definition) is 1. The first kappa shape index (κ1) is 27.6. The molecule has 0 heterocycles. The third-order valence-electron chi connectivity index (χ3n) is 6.13. The van der Waals surface area contributed by atoms with Gasteiger partial charge in [0.25, 0.3) is 0 Å². The minimum atomic E-state index is -3.03. The Morgan fingerprint density at radius 2 is 1.89 bits per heavy atom. The lowest BCUT2D eigenvalue weighted by molar-refractivity contribution is 0.144. The summed E-state index contributed by atoms with van der Waals surface area (Å²) in [6, 6.07) is 11.5. The summed E-state index contributed by atoms with van der Waals surface area (Å²) in [6.07, 6.45) is 2.89. The normalized spacial score (nSPS) is 17.5. The molecule has 2 unspecified atom stereocenters. The van der Waals surface area contributed by atoms with E-state index in [0.29, 0.717) is 48.3 Å². The second-order valence-corrected chi connectivity index (χ2v) is 11.9. The van der Waals surface area contributed by atoms with Crippen LogP contribution in [0.5, 0.6) is 5.75 Å². The Bertz CT molecular complexity index is 1120. The first-order valence-electron chi connectivity index (χ1n) is 12.1. The van der Waals surface area contributed by atoms with Crippen LogP contribution >= 0.6 is 23.2 Å². The first-order chi connectivity index (χ1) is 16.7. The molecule has 192 valence electrons. The quantitative estimate of drug-likeness (QED) is 0.354. The number of carbonyl (C=O) groups is 1. The number of nitrogens with one attached hydrogen (secondary N) is 1. The highest BCUT2D eigenvalue weighted by molar-refractivity contribution is 7.91. The lowest BCUT2D eigenvalue weighted by Crippen LogP contribution is -2.43. The third kappa shape index (κ3) is 8.02. The number of fused-ring (bicyclic) bond motifs is 1. The lowest BCUT2D eigenvalue weighted by Gasteiger charge is -2.34. The van der Waals surface area contributed by atoms with Gasteiger partial charge in [0.2, 0.25) is 0 Å². The van der Waals surface area contributed by atoms with Gasteiger partial charge in [0.1, 0.15) is 15.6 Å². The Morgan fingerprint density at radius 3 is 2.60 bits per heavy atom. The van der Waals surface area contributed by atoms with Crippen molar-refractivity contribution in [2.24, 2.45) is 0 Å². The second-order valence-electron chi connectivity index (χ2n) is 8.78. The van der Waals surface area contributed by atoms with Gasteiger partial charge in [-0.25, -0.2) is 13.2 Å². The molecule has 9 heteroatoms.